The lowest BCUT2D eigenvalue weighted by molar-refractivity contribution is -0.146. The number of para-hydroxylation sites is 1. The number of carbonyl (C=O) groups excluding carboxylic acids is 2. The minimum atomic E-state index is -0.595. The number of methoxy groups -OCH3 is 1. The van der Waals surface area contributed by atoms with E-state index in [1.807, 2.05) is 24.3 Å². The minimum Gasteiger partial charge on any atom is -0.467 e. The summed E-state index contributed by atoms with van der Waals surface area (Å²) in [6.07, 6.45) is 3.58. The number of fused-ring (bicyclic) bond motifs is 3. The van der Waals surface area contributed by atoms with Crippen LogP contribution in [0.2, 0.25) is 0 Å². The van der Waals surface area contributed by atoms with Crippen LogP contribution in [-0.4, -0.2) is 41.6 Å². The molecule has 1 aliphatic heterocycles. The molecule has 0 unspecified atom stereocenters. The number of hydrogen-bond acceptors (Lipinski definition) is 3. The van der Waals surface area contributed by atoms with E-state index in [1.54, 1.807) is 4.90 Å². The fraction of sp³-hybridized carbons (Fsp3) is 0.474. The van der Waals surface area contributed by atoms with Gasteiger partial charge in [0.1, 0.15) is 6.04 Å². The first-order chi connectivity index (χ1) is 12.2. The Morgan fingerprint density at radius 2 is 2.12 bits per heavy atom. The van der Waals surface area contributed by atoms with Gasteiger partial charge in [0.25, 0.3) is 0 Å². The van der Waals surface area contributed by atoms with Crippen molar-refractivity contribution in [1.29, 1.82) is 0 Å². The first-order valence-electron chi connectivity index (χ1n) is 8.86. The average Bonchev–Trinajstić information content (AvgIpc) is 3.01. The Morgan fingerprint density at radius 1 is 1.32 bits per heavy atom. The summed E-state index contributed by atoms with van der Waals surface area (Å²) in [6, 6.07) is 7.20. The van der Waals surface area contributed by atoms with Crippen molar-refractivity contribution >= 4 is 22.9 Å². The number of aromatic nitrogens is 1. The lowest BCUT2D eigenvalue weighted by atomic mass is 9.97. The summed E-state index contributed by atoms with van der Waals surface area (Å²) in [5.41, 5.74) is 3.12. The summed E-state index contributed by atoms with van der Waals surface area (Å²) in [5.74, 6) is -0.375. The number of rotatable bonds is 5. The van der Waals surface area contributed by atoms with Gasteiger partial charge in [-0.25, -0.2) is 9.59 Å². The molecule has 6 heteroatoms. The van der Waals surface area contributed by atoms with Crippen molar-refractivity contribution in [3.8, 4) is 0 Å². The number of nitrogens with zero attached hydrogens (tertiary/aromatic N) is 1. The zero-order valence-electron chi connectivity index (χ0n) is 14.8. The van der Waals surface area contributed by atoms with Crippen molar-refractivity contribution < 1.29 is 14.3 Å². The second-order valence-electron chi connectivity index (χ2n) is 6.44. The third-order valence-electron chi connectivity index (χ3n) is 4.79. The predicted molar refractivity (Wildman–Crippen MR) is 96.3 cm³/mol. The van der Waals surface area contributed by atoms with E-state index in [0.29, 0.717) is 19.5 Å². The van der Waals surface area contributed by atoms with Gasteiger partial charge >= 0.3 is 12.0 Å². The zero-order chi connectivity index (χ0) is 17.8. The van der Waals surface area contributed by atoms with Crippen LogP contribution in [0, 0.1) is 0 Å². The highest BCUT2D eigenvalue weighted by molar-refractivity contribution is 5.89. The first-order valence-corrected chi connectivity index (χ1v) is 8.86. The number of hydrogen-bond donors (Lipinski definition) is 2. The van der Waals surface area contributed by atoms with Crippen LogP contribution in [0.15, 0.2) is 24.3 Å². The normalized spacial score (nSPS) is 16.6. The Balaban J connectivity index is 1.83. The van der Waals surface area contributed by atoms with E-state index in [9.17, 15) is 9.59 Å². The Labute approximate surface area is 147 Å². The highest BCUT2D eigenvalue weighted by Crippen LogP contribution is 2.30. The van der Waals surface area contributed by atoms with Crippen molar-refractivity contribution in [2.24, 2.45) is 0 Å². The van der Waals surface area contributed by atoms with Gasteiger partial charge in [-0.1, -0.05) is 38.0 Å². The molecule has 1 aromatic heterocycles. The van der Waals surface area contributed by atoms with Crippen LogP contribution in [0.4, 0.5) is 4.79 Å². The second kappa shape index (κ2) is 7.59. The lowest BCUT2D eigenvalue weighted by Gasteiger charge is -2.33. The highest BCUT2D eigenvalue weighted by Gasteiger charge is 2.36. The minimum absolute atomic E-state index is 0.212. The van der Waals surface area contributed by atoms with E-state index >= 15 is 0 Å². The number of urea groups is 1. The van der Waals surface area contributed by atoms with Gasteiger partial charge in [0.2, 0.25) is 0 Å². The van der Waals surface area contributed by atoms with Gasteiger partial charge in [-0.2, -0.15) is 0 Å². The molecule has 2 N–H and O–H groups in total. The van der Waals surface area contributed by atoms with Crippen LogP contribution in [0.3, 0.4) is 0 Å². The smallest absolute Gasteiger partial charge is 0.329 e. The van der Waals surface area contributed by atoms with Crippen LogP contribution in [0.25, 0.3) is 10.9 Å². The predicted octanol–water partition coefficient (Wildman–Crippen LogP) is 2.97. The molecule has 25 heavy (non-hydrogen) atoms. The number of ether oxygens (including phenoxy) is 1. The molecule has 134 valence electrons. The van der Waals surface area contributed by atoms with E-state index in [-0.39, 0.29) is 12.0 Å². The molecule has 0 saturated heterocycles. The molecule has 1 atom stereocenters. The summed E-state index contributed by atoms with van der Waals surface area (Å²) >= 11 is 0. The SMILES string of the molecule is CCCCCNC(=O)N1Cc2[nH]c3ccccc3c2C[C@H]1C(=O)OC. The molecule has 2 heterocycles. The van der Waals surface area contributed by atoms with Gasteiger partial charge < -0.3 is 19.9 Å². The highest BCUT2D eigenvalue weighted by atomic mass is 16.5. The molecule has 2 amide bonds. The van der Waals surface area contributed by atoms with Crippen molar-refractivity contribution in [2.45, 2.75) is 45.2 Å². The summed E-state index contributed by atoms with van der Waals surface area (Å²) in [6.45, 7) is 3.12. The number of unbranched alkanes of at least 4 members (excludes halogenated alkanes) is 2. The van der Waals surface area contributed by atoms with E-state index in [4.69, 9.17) is 4.74 Å². The number of amides is 2. The summed E-state index contributed by atoms with van der Waals surface area (Å²) in [4.78, 5) is 29.8. The van der Waals surface area contributed by atoms with Gasteiger partial charge in [-0.3, -0.25) is 0 Å². The quantitative estimate of drug-likeness (QED) is 0.647. The summed E-state index contributed by atoms with van der Waals surface area (Å²) < 4.78 is 4.95. The Bertz CT molecular complexity index is 768. The fourth-order valence-corrected chi connectivity index (χ4v) is 3.44. The average molecular weight is 343 g/mol. The van der Waals surface area contributed by atoms with Crippen LogP contribution >= 0.6 is 0 Å². The third-order valence-corrected chi connectivity index (χ3v) is 4.79. The maximum atomic E-state index is 12.6. The Morgan fingerprint density at radius 3 is 2.88 bits per heavy atom. The topological polar surface area (TPSA) is 74.4 Å². The molecule has 0 radical (unpaired) electrons. The summed E-state index contributed by atoms with van der Waals surface area (Å²) in [5, 5.41) is 4.03. The van der Waals surface area contributed by atoms with Crippen molar-refractivity contribution in [3.05, 3.63) is 35.5 Å². The Kier molecular flexibility index (Phi) is 5.26. The number of nitrogens with one attached hydrogen (secondary N) is 2. The Hall–Kier alpha value is -2.50. The van der Waals surface area contributed by atoms with Crippen LogP contribution < -0.4 is 5.32 Å². The maximum absolute atomic E-state index is 12.6. The van der Waals surface area contributed by atoms with Crippen LogP contribution in [0.5, 0.6) is 0 Å². The maximum Gasteiger partial charge on any atom is 0.329 e. The molecule has 0 saturated carbocycles. The fourth-order valence-electron chi connectivity index (χ4n) is 3.44. The monoisotopic (exact) mass is 343 g/mol. The number of H-pyrrole nitrogens is 1. The third kappa shape index (κ3) is 3.48. The zero-order valence-corrected chi connectivity index (χ0v) is 14.8. The number of carbonyl (C=O) groups is 2. The molecule has 2 aromatic rings. The first kappa shape index (κ1) is 17.3. The molecule has 3 rings (SSSR count). The molecule has 0 spiro atoms. The number of benzene rings is 1. The van der Waals surface area contributed by atoms with Crippen molar-refractivity contribution in [2.75, 3.05) is 13.7 Å². The molecule has 6 nitrogen and oxygen atoms in total. The molecular formula is C19H25N3O3. The molecule has 1 aliphatic rings. The van der Waals surface area contributed by atoms with Gasteiger partial charge in [0.05, 0.1) is 13.7 Å². The van der Waals surface area contributed by atoms with E-state index < -0.39 is 6.04 Å². The van der Waals surface area contributed by atoms with E-state index in [1.165, 1.54) is 7.11 Å². The van der Waals surface area contributed by atoms with Gasteiger partial charge in [0.15, 0.2) is 0 Å². The number of aromatic amines is 1. The molecular weight excluding hydrogens is 318 g/mol. The van der Waals surface area contributed by atoms with Crippen LogP contribution in [-0.2, 0) is 22.5 Å². The second-order valence-corrected chi connectivity index (χ2v) is 6.44. The standard InChI is InChI=1S/C19H25N3O3/c1-3-4-7-10-20-19(24)22-12-16-14(11-17(22)18(23)25-2)13-8-5-6-9-15(13)21-16/h5-6,8-9,17,21H,3-4,7,10-12H2,1-2H3,(H,20,24)/t17-/m0/s1. The largest absolute Gasteiger partial charge is 0.467 e. The van der Waals surface area contributed by atoms with Crippen molar-refractivity contribution in [3.63, 3.8) is 0 Å². The number of esters is 1. The summed E-state index contributed by atoms with van der Waals surface area (Å²) in [7, 11) is 1.37. The van der Waals surface area contributed by atoms with Crippen LogP contribution in [0.1, 0.15) is 37.4 Å². The van der Waals surface area contributed by atoms with Gasteiger partial charge in [0, 0.05) is 29.6 Å². The molecule has 0 fully saturated rings. The molecule has 1 aromatic carbocycles. The van der Waals surface area contributed by atoms with E-state index in [2.05, 4.69) is 17.2 Å². The molecule has 0 aliphatic carbocycles. The van der Waals surface area contributed by atoms with E-state index in [0.717, 1.165) is 41.4 Å². The van der Waals surface area contributed by atoms with Gasteiger partial charge in [-0.15, -0.1) is 0 Å². The molecule has 0 bridgehead atoms. The van der Waals surface area contributed by atoms with Crippen molar-refractivity contribution in [1.82, 2.24) is 15.2 Å². The van der Waals surface area contributed by atoms with Gasteiger partial charge in [-0.05, 0) is 18.1 Å². The lowest BCUT2D eigenvalue weighted by Crippen LogP contribution is -2.52.